The molecule has 1 aliphatic heterocycles. The molecule has 0 spiro atoms. The summed E-state index contributed by atoms with van der Waals surface area (Å²) >= 11 is 0. The first-order valence-electron chi connectivity index (χ1n) is 11.3. The van der Waals surface area contributed by atoms with Crippen LogP contribution < -0.4 is 10.5 Å². The van der Waals surface area contributed by atoms with Crippen LogP contribution in [0.1, 0.15) is 53.0 Å². The van der Waals surface area contributed by atoms with E-state index < -0.39 is 21.8 Å². The maximum absolute atomic E-state index is 14.9. The average Bonchev–Trinajstić information content (AvgIpc) is 3.18. The Balaban J connectivity index is 1.40. The molecule has 5 rings (SSSR count). The highest BCUT2D eigenvalue weighted by Gasteiger charge is 2.27. The first-order valence-corrected chi connectivity index (χ1v) is 12.9. The molecule has 2 atom stereocenters. The van der Waals surface area contributed by atoms with Crippen molar-refractivity contribution in [3.8, 4) is 0 Å². The molecule has 2 aromatic rings. The van der Waals surface area contributed by atoms with E-state index in [1.54, 1.807) is 6.07 Å². The van der Waals surface area contributed by atoms with E-state index in [4.69, 9.17) is 5.14 Å². The molecule has 2 unspecified atom stereocenters. The summed E-state index contributed by atoms with van der Waals surface area (Å²) in [4.78, 5) is 14.7. The smallest absolute Gasteiger partial charge is 0.306 e. The lowest BCUT2D eigenvalue weighted by atomic mass is 9.83. The summed E-state index contributed by atoms with van der Waals surface area (Å²) in [5.41, 5.74) is 6.44. The monoisotopic (exact) mass is 456 g/mol. The summed E-state index contributed by atoms with van der Waals surface area (Å²) in [6, 6.07) is 6.02. The second-order valence-electron chi connectivity index (χ2n) is 9.26. The minimum atomic E-state index is -3.71. The molecule has 3 aliphatic rings. The Bertz CT molecular complexity index is 1220. The van der Waals surface area contributed by atoms with E-state index in [1.807, 2.05) is 0 Å². The number of hydrogen-bond donors (Lipinski definition) is 2. The molecule has 0 bridgehead atoms. The molecule has 0 saturated carbocycles. The van der Waals surface area contributed by atoms with Crippen LogP contribution in [-0.4, -0.2) is 35.3 Å². The minimum absolute atomic E-state index is 0.227. The zero-order chi connectivity index (χ0) is 22.5. The third-order valence-electron chi connectivity index (χ3n) is 7.06. The topological polar surface area (TPSA) is 87.8 Å². The number of hydrogen-bond acceptors (Lipinski definition) is 3. The van der Waals surface area contributed by atoms with Crippen molar-refractivity contribution in [1.82, 2.24) is 4.90 Å². The molecule has 2 amide bonds. The first kappa shape index (κ1) is 21.6. The minimum Gasteiger partial charge on any atom is -0.306 e. The SMILES string of the molecule is CN1CCCC(c2ccc(S(N)(=O)=NC(=O)Nc3c4c(cc5c3CC5)CCC4)c(F)c2)C1. The number of nitrogens with zero attached hydrogens (tertiary/aromatic N) is 2. The fourth-order valence-electron chi connectivity index (χ4n) is 5.34. The first-order chi connectivity index (χ1) is 15.3. The summed E-state index contributed by atoms with van der Waals surface area (Å²) in [5.74, 6) is -0.450. The molecule has 1 heterocycles. The molecule has 32 heavy (non-hydrogen) atoms. The van der Waals surface area contributed by atoms with E-state index in [0.717, 1.165) is 80.4 Å². The number of rotatable bonds is 3. The summed E-state index contributed by atoms with van der Waals surface area (Å²) in [5, 5.41) is 8.71. The molecule has 3 N–H and O–H groups in total. The van der Waals surface area contributed by atoms with E-state index in [-0.39, 0.29) is 10.8 Å². The third kappa shape index (κ3) is 3.95. The molecular weight excluding hydrogens is 427 g/mol. The van der Waals surface area contributed by atoms with Gasteiger partial charge in [-0.1, -0.05) is 12.1 Å². The van der Waals surface area contributed by atoms with Crippen molar-refractivity contribution in [3.05, 3.63) is 57.9 Å². The largest absolute Gasteiger partial charge is 0.354 e. The Kier molecular flexibility index (Phi) is 5.55. The van der Waals surface area contributed by atoms with Crippen LogP contribution in [0, 0.1) is 5.82 Å². The number of nitrogens with two attached hydrogens (primary N) is 1. The number of likely N-dealkylation sites (N-methyl/N-ethyl adjacent to an activating group) is 1. The van der Waals surface area contributed by atoms with Gasteiger partial charge in [-0.3, -0.25) is 0 Å². The lowest BCUT2D eigenvalue weighted by Crippen LogP contribution is -2.30. The van der Waals surface area contributed by atoms with Gasteiger partial charge in [0, 0.05) is 12.2 Å². The van der Waals surface area contributed by atoms with Gasteiger partial charge >= 0.3 is 6.03 Å². The molecule has 1 saturated heterocycles. The molecule has 170 valence electrons. The van der Waals surface area contributed by atoms with E-state index >= 15 is 0 Å². The summed E-state index contributed by atoms with van der Waals surface area (Å²) in [6.45, 7) is 1.89. The molecule has 0 aromatic heterocycles. The molecule has 0 radical (unpaired) electrons. The Morgan fingerprint density at radius 2 is 1.94 bits per heavy atom. The standard InChI is InChI=1S/C24H29FN4O2S/c1-29-11-3-5-18(14-29)15-8-10-22(21(25)13-15)32(26,31)28-24(30)27-23-19-6-2-4-16(19)12-17-7-9-20(17)23/h8,10,12-13,18H,2-7,9,11,14H2,1H3,(H3,26,27,28,30,31). The Morgan fingerprint density at radius 1 is 1.16 bits per heavy atom. The molecule has 2 aliphatic carbocycles. The number of fused-ring (bicyclic) bond motifs is 2. The average molecular weight is 457 g/mol. The van der Waals surface area contributed by atoms with Crippen molar-refractivity contribution in [3.63, 3.8) is 0 Å². The lowest BCUT2D eigenvalue weighted by molar-refractivity contribution is 0.250. The lowest BCUT2D eigenvalue weighted by Gasteiger charge is -2.30. The Hall–Kier alpha value is -2.29. The van der Waals surface area contributed by atoms with Gasteiger partial charge in [-0.2, -0.15) is 0 Å². The van der Waals surface area contributed by atoms with Crippen molar-refractivity contribution < 1.29 is 13.4 Å². The number of halogens is 1. The van der Waals surface area contributed by atoms with Crippen molar-refractivity contribution in [2.75, 3.05) is 25.5 Å². The summed E-state index contributed by atoms with van der Waals surface area (Å²) in [7, 11) is -1.66. The van der Waals surface area contributed by atoms with E-state index in [0.29, 0.717) is 0 Å². The predicted molar refractivity (Wildman–Crippen MR) is 124 cm³/mol. The molecule has 6 nitrogen and oxygen atoms in total. The molecular formula is C24H29FN4O2S. The third-order valence-corrected chi connectivity index (χ3v) is 8.46. The van der Waals surface area contributed by atoms with Crippen LogP contribution in [0.5, 0.6) is 0 Å². The van der Waals surface area contributed by atoms with Gasteiger partial charge in [-0.15, -0.1) is 4.36 Å². The van der Waals surface area contributed by atoms with Crippen molar-refractivity contribution in [2.24, 2.45) is 9.50 Å². The van der Waals surface area contributed by atoms with Crippen LogP contribution in [-0.2, 0) is 35.6 Å². The van der Waals surface area contributed by atoms with Gasteiger partial charge < -0.3 is 10.2 Å². The van der Waals surface area contributed by atoms with Gasteiger partial charge in [-0.25, -0.2) is 18.5 Å². The van der Waals surface area contributed by atoms with Crippen LogP contribution in [0.3, 0.4) is 0 Å². The fourth-order valence-corrected chi connectivity index (χ4v) is 6.33. The van der Waals surface area contributed by atoms with Gasteiger partial charge in [0.25, 0.3) is 0 Å². The number of carbonyl (C=O) groups is 1. The van der Waals surface area contributed by atoms with E-state index in [1.165, 1.54) is 23.3 Å². The number of urea groups is 1. The second-order valence-corrected chi connectivity index (χ2v) is 11.0. The van der Waals surface area contributed by atoms with E-state index in [9.17, 15) is 13.4 Å². The maximum Gasteiger partial charge on any atom is 0.354 e. The highest BCUT2D eigenvalue weighted by molar-refractivity contribution is 7.91. The van der Waals surface area contributed by atoms with Crippen LogP contribution >= 0.6 is 0 Å². The number of carbonyl (C=O) groups excluding carboxylic acids is 1. The van der Waals surface area contributed by atoms with Crippen molar-refractivity contribution >= 4 is 21.6 Å². The van der Waals surface area contributed by atoms with Crippen molar-refractivity contribution in [2.45, 2.75) is 55.8 Å². The Labute approximate surface area is 188 Å². The maximum atomic E-state index is 14.9. The quantitative estimate of drug-likeness (QED) is 0.727. The number of likely N-dealkylation sites (tertiary alicyclic amines) is 1. The highest BCUT2D eigenvalue weighted by atomic mass is 32.2. The van der Waals surface area contributed by atoms with Gasteiger partial charge in [0.2, 0.25) is 0 Å². The van der Waals surface area contributed by atoms with E-state index in [2.05, 4.69) is 27.7 Å². The summed E-state index contributed by atoms with van der Waals surface area (Å²) in [6.07, 6.45) is 6.92. The Morgan fingerprint density at radius 3 is 2.66 bits per heavy atom. The van der Waals surface area contributed by atoms with Gasteiger partial charge in [0.15, 0.2) is 0 Å². The molecule has 1 fully saturated rings. The number of piperidine rings is 1. The van der Waals surface area contributed by atoms with Crippen LogP contribution in [0.2, 0.25) is 0 Å². The number of nitrogens with one attached hydrogen (secondary N) is 1. The normalized spacial score (nSPS) is 21.8. The highest BCUT2D eigenvalue weighted by Crippen LogP contribution is 2.39. The number of amides is 2. The van der Waals surface area contributed by atoms with Crippen LogP contribution in [0.25, 0.3) is 0 Å². The van der Waals surface area contributed by atoms with Gasteiger partial charge in [-0.05, 0) is 104 Å². The van der Waals surface area contributed by atoms with Crippen LogP contribution in [0.15, 0.2) is 33.5 Å². The zero-order valence-electron chi connectivity index (χ0n) is 18.3. The zero-order valence-corrected chi connectivity index (χ0v) is 19.1. The molecule has 8 heteroatoms. The van der Waals surface area contributed by atoms with Gasteiger partial charge in [0.1, 0.15) is 15.7 Å². The molecule has 2 aromatic carbocycles. The number of anilines is 1. The van der Waals surface area contributed by atoms with Crippen LogP contribution in [0.4, 0.5) is 14.9 Å². The number of aryl methyl sites for hydroxylation is 2. The second kappa shape index (κ2) is 8.24. The predicted octanol–water partition coefficient (Wildman–Crippen LogP) is 4.15. The number of benzene rings is 2. The summed E-state index contributed by atoms with van der Waals surface area (Å²) < 4.78 is 31.7. The van der Waals surface area contributed by atoms with Gasteiger partial charge in [0.05, 0.1) is 4.90 Å². The fraction of sp³-hybridized carbons (Fsp3) is 0.458. The van der Waals surface area contributed by atoms with Crippen molar-refractivity contribution in [1.29, 1.82) is 0 Å².